The van der Waals surface area contributed by atoms with Crippen LogP contribution in [-0.2, 0) is 0 Å². The molecule has 0 rings (SSSR count). The Hall–Kier alpha value is -0.790. The van der Waals surface area contributed by atoms with Gasteiger partial charge in [-0.15, -0.1) is 0 Å². The van der Waals surface area contributed by atoms with Crippen LogP contribution in [0.1, 0.15) is 13.8 Å². The van der Waals surface area contributed by atoms with Crippen molar-refractivity contribution in [2.45, 2.75) is 13.8 Å². The number of hydrogen-bond donors (Lipinski definition) is 2. The zero-order chi connectivity index (χ0) is 5.86. The molecular weight excluding hydrogens is 88.1 g/mol. The van der Waals surface area contributed by atoms with E-state index in [-0.39, 0.29) is 5.84 Å². The van der Waals surface area contributed by atoms with Crippen LogP contribution in [0.4, 0.5) is 0 Å². The summed E-state index contributed by atoms with van der Waals surface area (Å²) in [6, 6.07) is 0. The summed E-state index contributed by atoms with van der Waals surface area (Å²) in [5.41, 5.74) is 5.89. The molecular formula is C5H10N2. The predicted molar refractivity (Wildman–Crippen MR) is 31.3 cm³/mol. The zero-order valence-corrected chi connectivity index (χ0v) is 4.65. The minimum Gasteiger partial charge on any atom is -0.384 e. The second-order valence-electron chi connectivity index (χ2n) is 1.39. The van der Waals surface area contributed by atoms with Gasteiger partial charge in [0, 0.05) is 0 Å². The van der Waals surface area contributed by atoms with E-state index in [1.807, 2.05) is 19.9 Å². The van der Waals surface area contributed by atoms with Crippen molar-refractivity contribution in [3.63, 3.8) is 0 Å². The lowest BCUT2D eigenvalue weighted by Crippen LogP contribution is -2.09. The van der Waals surface area contributed by atoms with Gasteiger partial charge < -0.3 is 5.73 Å². The highest BCUT2D eigenvalue weighted by molar-refractivity contribution is 5.93. The van der Waals surface area contributed by atoms with Gasteiger partial charge in [-0.25, -0.2) is 0 Å². The Morgan fingerprint density at radius 3 is 2.14 bits per heavy atom. The summed E-state index contributed by atoms with van der Waals surface area (Å²) >= 11 is 0. The summed E-state index contributed by atoms with van der Waals surface area (Å²) in [5.74, 6) is 0.155. The highest BCUT2D eigenvalue weighted by atomic mass is 14.7. The second kappa shape index (κ2) is 2.39. The normalized spacial score (nSPS) is 11.4. The first kappa shape index (κ1) is 6.21. The van der Waals surface area contributed by atoms with Crippen molar-refractivity contribution in [2.75, 3.05) is 0 Å². The van der Waals surface area contributed by atoms with Crippen molar-refractivity contribution in [2.24, 2.45) is 5.73 Å². The van der Waals surface area contributed by atoms with E-state index in [4.69, 9.17) is 11.1 Å². The minimum absolute atomic E-state index is 0.155. The van der Waals surface area contributed by atoms with Crippen LogP contribution in [0.2, 0.25) is 0 Å². The molecule has 0 radical (unpaired) electrons. The van der Waals surface area contributed by atoms with Gasteiger partial charge in [-0.05, 0) is 19.4 Å². The number of rotatable bonds is 1. The molecule has 0 aliphatic rings. The maximum atomic E-state index is 6.81. The fraction of sp³-hybridized carbons (Fsp3) is 0.400. The van der Waals surface area contributed by atoms with Crippen LogP contribution >= 0.6 is 0 Å². The van der Waals surface area contributed by atoms with E-state index >= 15 is 0 Å². The first-order valence-electron chi connectivity index (χ1n) is 2.15. The number of nitrogens with one attached hydrogen (secondary N) is 1. The minimum atomic E-state index is 0.155. The van der Waals surface area contributed by atoms with Crippen molar-refractivity contribution in [3.8, 4) is 0 Å². The third-order valence-electron chi connectivity index (χ3n) is 0.858. The molecule has 0 aromatic heterocycles. The molecule has 40 valence electrons. The van der Waals surface area contributed by atoms with E-state index in [2.05, 4.69) is 0 Å². The first-order valence-corrected chi connectivity index (χ1v) is 2.15. The van der Waals surface area contributed by atoms with Crippen LogP contribution in [0.5, 0.6) is 0 Å². The zero-order valence-electron chi connectivity index (χ0n) is 4.65. The second-order valence-corrected chi connectivity index (χ2v) is 1.39. The fourth-order valence-corrected chi connectivity index (χ4v) is 0.156. The van der Waals surface area contributed by atoms with Gasteiger partial charge in [0.25, 0.3) is 0 Å². The van der Waals surface area contributed by atoms with Crippen LogP contribution in [0.25, 0.3) is 0 Å². The molecule has 0 heterocycles. The van der Waals surface area contributed by atoms with E-state index in [0.29, 0.717) is 0 Å². The van der Waals surface area contributed by atoms with Crippen molar-refractivity contribution in [1.29, 1.82) is 5.41 Å². The highest BCUT2D eigenvalue weighted by Gasteiger charge is 1.84. The molecule has 0 saturated carbocycles. The van der Waals surface area contributed by atoms with Crippen LogP contribution in [0, 0.1) is 5.41 Å². The summed E-state index contributed by atoms with van der Waals surface area (Å²) in [6.45, 7) is 3.67. The first-order chi connectivity index (χ1) is 3.18. The monoisotopic (exact) mass is 98.1 g/mol. The molecule has 0 amide bonds. The molecule has 0 fully saturated rings. The maximum Gasteiger partial charge on any atom is 0.117 e. The molecule has 0 atom stereocenters. The predicted octanol–water partition coefficient (Wildman–Crippen LogP) is 0.889. The maximum absolute atomic E-state index is 6.81. The summed E-state index contributed by atoms with van der Waals surface area (Å²) in [5, 5.41) is 6.81. The lowest BCUT2D eigenvalue weighted by Gasteiger charge is -1.90. The van der Waals surface area contributed by atoms with E-state index in [1.165, 1.54) is 0 Å². The van der Waals surface area contributed by atoms with E-state index in [1.54, 1.807) is 0 Å². The lowest BCUT2D eigenvalue weighted by molar-refractivity contribution is 1.38. The third-order valence-corrected chi connectivity index (χ3v) is 0.858. The molecule has 0 aliphatic heterocycles. The van der Waals surface area contributed by atoms with Crippen molar-refractivity contribution in [1.82, 2.24) is 0 Å². The number of allylic oxidation sites excluding steroid dienone is 1. The Kier molecular flexibility index (Phi) is 2.12. The molecule has 0 spiro atoms. The van der Waals surface area contributed by atoms with E-state index < -0.39 is 0 Å². The number of nitrogens with two attached hydrogens (primary N) is 1. The summed E-state index contributed by atoms with van der Waals surface area (Å²) in [6.07, 6.45) is 1.81. The largest absolute Gasteiger partial charge is 0.384 e. The van der Waals surface area contributed by atoms with Gasteiger partial charge in [-0.1, -0.05) is 6.08 Å². The molecule has 7 heavy (non-hydrogen) atoms. The van der Waals surface area contributed by atoms with Crippen LogP contribution < -0.4 is 5.73 Å². The molecule has 2 heteroatoms. The molecule has 0 aliphatic carbocycles. The van der Waals surface area contributed by atoms with Gasteiger partial charge in [-0.3, -0.25) is 5.41 Å². The average molecular weight is 98.1 g/mol. The lowest BCUT2D eigenvalue weighted by atomic mass is 10.3. The molecule has 3 N–H and O–H groups in total. The van der Waals surface area contributed by atoms with Gasteiger partial charge in [0.1, 0.15) is 5.84 Å². The van der Waals surface area contributed by atoms with Crippen LogP contribution in [0.3, 0.4) is 0 Å². The Bertz CT molecular complexity index is 103. The standard InChI is InChI=1S/C5H10N2/c1-3-4(2)5(6)7/h3H,1-2H3,(H3,6,7)/b4-3-. The van der Waals surface area contributed by atoms with Crippen LogP contribution in [-0.4, -0.2) is 5.84 Å². The molecule has 0 unspecified atom stereocenters. The molecule has 0 aromatic carbocycles. The SMILES string of the molecule is C/C=C(/C)C(=N)N. The van der Waals surface area contributed by atoms with Crippen molar-refractivity contribution >= 4 is 5.84 Å². The molecule has 2 nitrogen and oxygen atoms in total. The average Bonchev–Trinajstić information content (AvgIpc) is 1.65. The number of amidine groups is 1. The van der Waals surface area contributed by atoms with E-state index in [9.17, 15) is 0 Å². The molecule has 0 aromatic rings. The topological polar surface area (TPSA) is 49.9 Å². The summed E-state index contributed by atoms with van der Waals surface area (Å²) < 4.78 is 0. The van der Waals surface area contributed by atoms with Gasteiger partial charge >= 0.3 is 0 Å². The highest BCUT2D eigenvalue weighted by Crippen LogP contribution is 1.86. The smallest absolute Gasteiger partial charge is 0.117 e. The molecule has 0 bridgehead atoms. The fourth-order valence-electron chi connectivity index (χ4n) is 0.156. The Balaban J connectivity index is 3.82. The Morgan fingerprint density at radius 1 is 1.71 bits per heavy atom. The van der Waals surface area contributed by atoms with Gasteiger partial charge in [0.05, 0.1) is 0 Å². The van der Waals surface area contributed by atoms with E-state index in [0.717, 1.165) is 5.57 Å². The van der Waals surface area contributed by atoms with Crippen molar-refractivity contribution < 1.29 is 0 Å². The number of hydrogen-bond acceptors (Lipinski definition) is 1. The van der Waals surface area contributed by atoms with Gasteiger partial charge in [-0.2, -0.15) is 0 Å². The van der Waals surface area contributed by atoms with Gasteiger partial charge in [0.2, 0.25) is 0 Å². The third kappa shape index (κ3) is 1.98. The molecule has 0 saturated heterocycles. The summed E-state index contributed by atoms with van der Waals surface area (Å²) in [4.78, 5) is 0. The quantitative estimate of drug-likeness (QED) is 0.371. The van der Waals surface area contributed by atoms with Crippen LogP contribution in [0.15, 0.2) is 11.6 Å². The Labute approximate surface area is 43.5 Å². The van der Waals surface area contributed by atoms with Crippen molar-refractivity contribution in [3.05, 3.63) is 11.6 Å². The van der Waals surface area contributed by atoms with Gasteiger partial charge in [0.15, 0.2) is 0 Å². The summed E-state index contributed by atoms with van der Waals surface area (Å²) in [7, 11) is 0. The Morgan fingerprint density at radius 2 is 2.14 bits per heavy atom.